The Hall–Kier alpha value is -2.96. The minimum atomic E-state index is 0.543. The van der Waals surface area contributed by atoms with Crippen LogP contribution in [0.3, 0.4) is 0 Å². The molecule has 0 atom stereocenters. The van der Waals surface area contributed by atoms with Gasteiger partial charge in [0.15, 0.2) is 0 Å². The molecule has 4 aromatic rings. The lowest BCUT2D eigenvalue weighted by molar-refractivity contribution is 0.116. The number of likely N-dealkylation sites (tertiary alicyclic amines) is 1. The van der Waals surface area contributed by atoms with Gasteiger partial charge in [0.05, 0.1) is 24.2 Å². The number of aryl methyl sites for hydroxylation is 2. The normalized spacial score (nSPS) is 15.3. The Bertz CT molecular complexity index is 1170. The molecule has 6 heteroatoms. The van der Waals surface area contributed by atoms with Gasteiger partial charge in [-0.1, -0.05) is 42.5 Å². The highest BCUT2D eigenvalue weighted by atomic mass is 16.5. The molecule has 0 amide bonds. The van der Waals surface area contributed by atoms with Gasteiger partial charge in [-0.15, -0.1) is 0 Å². The summed E-state index contributed by atoms with van der Waals surface area (Å²) in [6.07, 6.45) is 8.60. The maximum atomic E-state index is 5.84. The van der Waals surface area contributed by atoms with Crippen LogP contribution in [0.15, 0.2) is 67.0 Å². The molecule has 5 rings (SSSR count). The van der Waals surface area contributed by atoms with Crippen LogP contribution in [0.4, 0.5) is 0 Å². The Morgan fingerprint density at radius 2 is 1.76 bits per heavy atom. The molecule has 0 N–H and O–H groups in total. The SMILES string of the molecule is Cn1c(CN2CCC(c3nccn3CCCCOCc3ccccc3)CC2)nc2ccccc21. The van der Waals surface area contributed by atoms with Gasteiger partial charge in [-0.25, -0.2) is 9.97 Å². The summed E-state index contributed by atoms with van der Waals surface area (Å²) in [5, 5.41) is 0. The Morgan fingerprint density at radius 3 is 2.59 bits per heavy atom. The lowest BCUT2D eigenvalue weighted by Crippen LogP contribution is -2.34. The molecule has 1 aliphatic rings. The first-order chi connectivity index (χ1) is 16.8. The number of benzene rings is 2. The summed E-state index contributed by atoms with van der Waals surface area (Å²) in [5.74, 6) is 2.95. The molecule has 1 fully saturated rings. The minimum Gasteiger partial charge on any atom is -0.377 e. The van der Waals surface area contributed by atoms with Gasteiger partial charge in [0.2, 0.25) is 0 Å². The van der Waals surface area contributed by atoms with Crippen LogP contribution in [0.25, 0.3) is 11.0 Å². The van der Waals surface area contributed by atoms with E-state index in [-0.39, 0.29) is 0 Å². The quantitative estimate of drug-likeness (QED) is 0.309. The lowest BCUT2D eigenvalue weighted by Gasteiger charge is -2.31. The third-order valence-corrected chi connectivity index (χ3v) is 6.99. The summed E-state index contributed by atoms with van der Waals surface area (Å²) in [7, 11) is 2.13. The zero-order valence-corrected chi connectivity index (χ0v) is 20.1. The molecular weight excluding hydrogens is 422 g/mol. The fourth-order valence-corrected chi connectivity index (χ4v) is 5.01. The zero-order valence-electron chi connectivity index (χ0n) is 20.1. The Balaban J connectivity index is 1.06. The van der Waals surface area contributed by atoms with Crippen LogP contribution < -0.4 is 0 Å². The van der Waals surface area contributed by atoms with Crippen molar-refractivity contribution in [1.29, 1.82) is 0 Å². The molecule has 2 aromatic heterocycles. The predicted molar refractivity (Wildman–Crippen MR) is 136 cm³/mol. The van der Waals surface area contributed by atoms with Crippen molar-refractivity contribution in [3.63, 3.8) is 0 Å². The van der Waals surface area contributed by atoms with Crippen LogP contribution in [0.1, 0.15) is 48.8 Å². The molecule has 0 radical (unpaired) electrons. The van der Waals surface area contributed by atoms with Gasteiger partial charge in [-0.3, -0.25) is 4.90 Å². The van der Waals surface area contributed by atoms with Crippen LogP contribution >= 0.6 is 0 Å². The number of piperidine rings is 1. The molecule has 0 spiro atoms. The highest BCUT2D eigenvalue weighted by Crippen LogP contribution is 2.28. The molecule has 0 saturated carbocycles. The summed E-state index contributed by atoms with van der Waals surface area (Å²) in [6.45, 7) is 5.62. The van der Waals surface area contributed by atoms with Gasteiger partial charge >= 0.3 is 0 Å². The van der Waals surface area contributed by atoms with Crippen molar-refractivity contribution in [2.75, 3.05) is 19.7 Å². The third-order valence-electron chi connectivity index (χ3n) is 6.99. The van der Waals surface area contributed by atoms with Crippen LogP contribution in [0.2, 0.25) is 0 Å². The summed E-state index contributed by atoms with van der Waals surface area (Å²) in [5.41, 5.74) is 3.53. The lowest BCUT2D eigenvalue weighted by atomic mass is 9.96. The average molecular weight is 458 g/mol. The number of hydrogen-bond acceptors (Lipinski definition) is 4. The van der Waals surface area contributed by atoms with Crippen LogP contribution in [0, 0.1) is 0 Å². The van der Waals surface area contributed by atoms with Crippen molar-refractivity contribution in [2.45, 2.75) is 51.3 Å². The van der Waals surface area contributed by atoms with Crippen molar-refractivity contribution < 1.29 is 4.74 Å². The monoisotopic (exact) mass is 457 g/mol. The van der Waals surface area contributed by atoms with E-state index >= 15 is 0 Å². The van der Waals surface area contributed by atoms with Gasteiger partial charge in [0.25, 0.3) is 0 Å². The number of para-hydroxylation sites is 2. The molecule has 1 saturated heterocycles. The maximum Gasteiger partial charge on any atom is 0.123 e. The number of imidazole rings is 2. The molecule has 178 valence electrons. The van der Waals surface area contributed by atoms with Crippen molar-refractivity contribution in [3.8, 4) is 0 Å². The van der Waals surface area contributed by atoms with Gasteiger partial charge < -0.3 is 13.9 Å². The zero-order chi connectivity index (χ0) is 23.2. The second-order valence-electron chi connectivity index (χ2n) is 9.35. The number of unbranched alkanes of at least 4 members (excludes halogenated alkanes) is 1. The number of nitrogens with zero attached hydrogens (tertiary/aromatic N) is 5. The van der Waals surface area contributed by atoms with Crippen molar-refractivity contribution in [3.05, 3.63) is 84.2 Å². The number of aromatic nitrogens is 4. The van der Waals surface area contributed by atoms with Crippen LogP contribution in [-0.2, 0) is 31.5 Å². The molecule has 2 aromatic carbocycles. The average Bonchev–Trinajstić information content (AvgIpc) is 3.47. The van der Waals surface area contributed by atoms with Gasteiger partial charge in [-0.05, 0) is 56.5 Å². The van der Waals surface area contributed by atoms with E-state index in [1.54, 1.807) is 0 Å². The molecule has 0 bridgehead atoms. The fraction of sp³-hybridized carbons (Fsp3) is 0.429. The van der Waals surface area contributed by atoms with Crippen LogP contribution in [-0.4, -0.2) is 43.7 Å². The largest absolute Gasteiger partial charge is 0.377 e. The second-order valence-corrected chi connectivity index (χ2v) is 9.35. The first-order valence-electron chi connectivity index (χ1n) is 12.5. The molecule has 1 aliphatic heterocycles. The summed E-state index contributed by atoms with van der Waals surface area (Å²) < 4.78 is 10.4. The van der Waals surface area contributed by atoms with Crippen molar-refractivity contribution in [2.24, 2.45) is 7.05 Å². The number of rotatable bonds is 10. The first-order valence-corrected chi connectivity index (χ1v) is 12.5. The van der Waals surface area contributed by atoms with Gasteiger partial charge in [0, 0.05) is 38.5 Å². The van der Waals surface area contributed by atoms with Crippen molar-refractivity contribution >= 4 is 11.0 Å². The molecule has 0 unspecified atom stereocenters. The van der Waals surface area contributed by atoms with E-state index in [0.29, 0.717) is 12.5 Å². The van der Waals surface area contributed by atoms with Gasteiger partial charge in [0.1, 0.15) is 11.6 Å². The molecular formula is C28H35N5O. The summed E-state index contributed by atoms with van der Waals surface area (Å²) >= 11 is 0. The number of ether oxygens (including phenoxy) is 1. The Morgan fingerprint density at radius 1 is 0.971 bits per heavy atom. The van der Waals surface area contributed by atoms with E-state index in [1.165, 1.54) is 16.9 Å². The van der Waals surface area contributed by atoms with E-state index in [9.17, 15) is 0 Å². The third kappa shape index (κ3) is 5.40. The fourth-order valence-electron chi connectivity index (χ4n) is 5.01. The number of fused-ring (bicyclic) bond motifs is 1. The number of hydrogen-bond donors (Lipinski definition) is 0. The van der Waals surface area contributed by atoms with Crippen LogP contribution in [0.5, 0.6) is 0 Å². The summed E-state index contributed by atoms with van der Waals surface area (Å²) in [6, 6.07) is 18.8. The summed E-state index contributed by atoms with van der Waals surface area (Å²) in [4.78, 5) is 12.1. The van der Waals surface area contributed by atoms with E-state index in [2.05, 4.69) is 75.8 Å². The van der Waals surface area contributed by atoms with E-state index in [0.717, 1.165) is 69.8 Å². The smallest absolute Gasteiger partial charge is 0.123 e. The molecule has 6 nitrogen and oxygen atoms in total. The Labute approximate surface area is 202 Å². The van der Waals surface area contributed by atoms with E-state index < -0.39 is 0 Å². The van der Waals surface area contributed by atoms with E-state index in [1.807, 2.05) is 12.3 Å². The van der Waals surface area contributed by atoms with Gasteiger partial charge in [-0.2, -0.15) is 0 Å². The second kappa shape index (κ2) is 11.0. The Kier molecular flexibility index (Phi) is 7.37. The molecule has 34 heavy (non-hydrogen) atoms. The molecule has 0 aliphatic carbocycles. The molecule has 3 heterocycles. The first kappa shape index (κ1) is 22.8. The highest BCUT2D eigenvalue weighted by Gasteiger charge is 2.24. The van der Waals surface area contributed by atoms with E-state index in [4.69, 9.17) is 14.7 Å². The van der Waals surface area contributed by atoms with Crippen molar-refractivity contribution in [1.82, 2.24) is 24.0 Å². The highest BCUT2D eigenvalue weighted by molar-refractivity contribution is 5.75. The minimum absolute atomic E-state index is 0.543. The maximum absolute atomic E-state index is 5.84. The topological polar surface area (TPSA) is 48.1 Å². The standard InChI is InChI=1S/C28H35N5O/c1-31-26-12-6-5-11-25(26)30-27(31)21-32-17-13-24(14-18-32)28-29-15-19-33(28)16-7-8-20-34-22-23-9-3-2-4-10-23/h2-6,9-12,15,19,24H,7-8,13-14,16-18,20-22H2,1H3. The predicted octanol–water partition coefficient (Wildman–Crippen LogP) is 5.15.